The largest absolute Gasteiger partial charge is 0.381 e. The summed E-state index contributed by atoms with van der Waals surface area (Å²) in [6.07, 6.45) is 2.08. The number of benzene rings is 1. The first-order valence-electron chi connectivity index (χ1n) is 7.67. The Morgan fingerprint density at radius 3 is 2.65 bits per heavy atom. The van der Waals surface area contributed by atoms with Crippen LogP contribution in [0.4, 0.5) is 0 Å². The molecule has 0 radical (unpaired) electrons. The minimum atomic E-state index is 0.0518. The van der Waals surface area contributed by atoms with E-state index in [1.54, 1.807) is 0 Å². The molecule has 0 aliphatic carbocycles. The maximum Gasteiger partial charge on any atom is 0.0853 e. The molecule has 0 atom stereocenters. The van der Waals surface area contributed by atoms with Gasteiger partial charge in [0.25, 0.3) is 0 Å². The molecule has 0 N–H and O–H groups in total. The van der Waals surface area contributed by atoms with Crippen molar-refractivity contribution in [3.05, 3.63) is 34.9 Å². The van der Waals surface area contributed by atoms with Crippen LogP contribution >= 0.6 is 0 Å². The second-order valence-corrected chi connectivity index (χ2v) is 6.27. The Morgan fingerprint density at radius 2 is 1.90 bits per heavy atom. The van der Waals surface area contributed by atoms with E-state index in [9.17, 15) is 0 Å². The molecule has 2 heterocycles. The van der Waals surface area contributed by atoms with Crippen LogP contribution in [0, 0.1) is 13.8 Å². The van der Waals surface area contributed by atoms with Crippen molar-refractivity contribution in [1.82, 2.24) is 4.90 Å². The van der Waals surface area contributed by atoms with Gasteiger partial charge in [-0.15, -0.1) is 0 Å². The highest BCUT2D eigenvalue weighted by Gasteiger charge is 2.38. The Balaban J connectivity index is 1.66. The van der Waals surface area contributed by atoms with Crippen molar-refractivity contribution in [3.8, 4) is 0 Å². The van der Waals surface area contributed by atoms with E-state index >= 15 is 0 Å². The third kappa shape index (κ3) is 3.05. The lowest BCUT2D eigenvalue weighted by molar-refractivity contribution is -0.155. The maximum atomic E-state index is 6.10. The van der Waals surface area contributed by atoms with Gasteiger partial charge in [-0.1, -0.05) is 18.2 Å². The molecule has 20 heavy (non-hydrogen) atoms. The highest BCUT2D eigenvalue weighted by Crippen LogP contribution is 2.29. The Kier molecular flexibility index (Phi) is 4.11. The zero-order chi connectivity index (χ0) is 14.0. The van der Waals surface area contributed by atoms with Crippen molar-refractivity contribution in [1.29, 1.82) is 0 Å². The van der Waals surface area contributed by atoms with Gasteiger partial charge < -0.3 is 9.47 Å². The fourth-order valence-corrected chi connectivity index (χ4v) is 3.26. The van der Waals surface area contributed by atoms with Crippen LogP contribution in [0.2, 0.25) is 0 Å². The summed E-state index contributed by atoms with van der Waals surface area (Å²) in [7, 11) is 0. The summed E-state index contributed by atoms with van der Waals surface area (Å²) >= 11 is 0. The van der Waals surface area contributed by atoms with Crippen LogP contribution in [-0.2, 0) is 16.0 Å². The van der Waals surface area contributed by atoms with Gasteiger partial charge in [0.05, 0.1) is 12.2 Å². The van der Waals surface area contributed by atoms with E-state index in [2.05, 4.69) is 36.9 Å². The van der Waals surface area contributed by atoms with Gasteiger partial charge in [-0.05, 0) is 30.5 Å². The quantitative estimate of drug-likeness (QED) is 0.828. The van der Waals surface area contributed by atoms with Crippen LogP contribution in [0.5, 0.6) is 0 Å². The molecule has 0 saturated carbocycles. The van der Waals surface area contributed by atoms with Gasteiger partial charge in [-0.2, -0.15) is 0 Å². The van der Waals surface area contributed by atoms with Crippen molar-refractivity contribution in [2.24, 2.45) is 0 Å². The standard InChI is InChI=1S/C17H25NO2/c1-14-3-4-16(11-15(14)2)12-18-7-10-20-17(13-18)5-8-19-9-6-17/h3-4,11H,5-10,12-13H2,1-2H3. The van der Waals surface area contributed by atoms with E-state index < -0.39 is 0 Å². The fraction of sp³-hybridized carbons (Fsp3) is 0.647. The molecule has 3 rings (SSSR count). The van der Waals surface area contributed by atoms with E-state index in [-0.39, 0.29) is 5.60 Å². The first-order chi connectivity index (χ1) is 9.67. The molecule has 1 aromatic rings. The average molecular weight is 275 g/mol. The van der Waals surface area contributed by atoms with Crippen LogP contribution in [0.3, 0.4) is 0 Å². The van der Waals surface area contributed by atoms with Gasteiger partial charge >= 0.3 is 0 Å². The van der Waals surface area contributed by atoms with Crippen LogP contribution in [0.25, 0.3) is 0 Å². The van der Waals surface area contributed by atoms with Crippen LogP contribution in [0.1, 0.15) is 29.5 Å². The molecule has 2 fully saturated rings. The summed E-state index contributed by atoms with van der Waals surface area (Å²) in [6.45, 7) is 10.0. The van der Waals surface area contributed by atoms with E-state index in [4.69, 9.17) is 9.47 Å². The van der Waals surface area contributed by atoms with Gasteiger partial charge in [-0.3, -0.25) is 4.90 Å². The first-order valence-corrected chi connectivity index (χ1v) is 7.67. The van der Waals surface area contributed by atoms with Gasteiger partial charge in [0.1, 0.15) is 0 Å². The lowest BCUT2D eigenvalue weighted by Gasteiger charge is -2.44. The second kappa shape index (κ2) is 5.84. The number of ether oxygens (including phenoxy) is 2. The van der Waals surface area contributed by atoms with E-state index in [0.29, 0.717) is 0 Å². The number of aryl methyl sites for hydroxylation is 2. The van der Waals surface area contributed by atoms with Crippen molar-refractivity contribution in [2.75, 3.05) is 32.9 Å². The summed E-state index contributed by atoms with van der Waals surface area (Å²) in [4.78, 5) is 2.54. The van der Waals surface area contributed by atoms with Crippen molar-refractivity contribution < 1.29 is 9.47 Å². The summed E-state index contributed by atoms with van der Waals surface area (Å²) in [5.74, 6) is 0. The smallest absolute Gasteiger partial charge is 0.0853 e. The number of morpholine rings is 1. The van der Waals surface area contributed by atoms with Crippen molar-refractivity contribution in [3.63, 3.8) is 0 Å². The Hall–Kier alpha value is -0.900. The summed E-state index contributed by atoms with van der Waals surface area (Å²) in [6, 6.07) is 6.81. The lowest BCUT2D eigenvalue weighted by Crippen LogP contribution is -2.54. The predicted molar refractivity (Wildman–Crippen MR) is 79.9 cm³/mol. The monoisotopic (exact) mass is 275 g/mol. The molecule has 2 saturated heterocycles. The highest BCUT2D eigenvalue weighted by atomic mass is 16.5. The molecule has 2 aliphatic heterocycles. The number of hydrogen-bond donors (Lipinski definition) is 0. The molecule has 2 aliphatic rings. The topological polar surface area (TPSA) is 21.7 Å². The Morgan fingerprint density at radius 1 is 1.10 bits per heavy atom. The number of rotatable bonds is 2. The van der Waals surface area contributed by atoms with Gasteiger partial charge in [0.15, 0.2) is 0 Å². The van der Waals surface area contributed by atoms with Crippen LogP contribution in [-0.4, -0.2) is 43.4 Å². The SMILES string of the molecule is Cc1ccc(CN2CCOC3(CCOCC3)C2)cc1C. The molecule has 3 nitrogen and oxygen atoms in total. The Bertz CT molecular complexity index is 461. The average Bonchev–Trinajstić information content (AvgIpc) is 2.44. The summed E-state index contributed by atoms with van der Waals surface area (Å²) in [5, 5.41) is 0. The molecule has 0 unspecified atom stereocenters. The molecule has 0 aromatic heterocycles. The highest BCUT2D eigenvalue weighted by molar-refractivity contribution is 5.29. The van der Waals surface area contributed by atoms with Crippen molar-refractivity contribution in [2.45, 2.75) is 38.8 Å². The maximum absolute atomic E-state index is 6.10. The molecule has 3 heteroatoms. The second-order valence-electron chi connectivity index (χ2n) is 6.27. The van der Waals surface area contributed by atoms with Gasteiger partial charge in [-0.25, -0.2) is 0 Å². The first kappa shape index (κ1) is 14.1. The van der Waals surface area contributed by atoms with E-state index in [1.165, 1.54) is 16.7 Å². The lowest BCUT2D eigenvalue weighted by atomic mass is 9.92. The Labute approximate surface area is 121 Å². The number of hydrogen-bond acceptors (Lipinski definition) is 3. The van der Waals surface area contributed by atoms with Crippen LogP contribution in [0.15, 0.2) is 18.2 Å². The molecule has 0 bridgehead atoms. The zero-order valence-corrected chi connectivity index (χ0v) is 12.7. The zero-order valence-electron chi connectivity index (χ0n) is 12.7. The van der Waals surface area contributed by atoms with Gasteiger partial charge in [0, 0.05) is 45.7 Å². The van der Waals surface area contributed by atoms with E-state index in [0.717, 1.165) is 52.3 Å². The third-order valence-corrected chi connectivity index (χ3v) is 4.71. The molecule has 1 spiro atoms. The molecule has 1 aromatic carbocycles. The number of nitrogens with zero attached hydrogens (tertiary/aromatic N) is 1. The summed E-state index contributed by atoms with van der Waals surface area (Å²) < 4.78 is 11.6. The molecular formula is C17H25NO2. The van der Waals surface area contributed by atoms with Crippen LogP contribution < -0.4 is 0 Å². The van der Waals surface area contributed by atoms with Crippen molar-refractivity contribution >= 4 is 0 Å². The molecular weight excluding hydrogens is 250 g/mol. The van der Waals surface area contributed by atoms with E-state index in [1.807, 2.05) is 0 Å². The molecule has 110 valence electrons. The fourth-order valence-electron chi connectivity index (χ4n) is 3.26. The van der Waals surface area contributed by atoms with Gasteiger partial charge in [0.2, 0.25) is 0 Å². The predicted octanol–water partition coefficient (Wildman–Crippen LogP) is 2.68. The minimum absolute atomic E-state index is 0.0518. The third-order valence-electron chi connectivity index (χ3n) is 4.71. The summed E-state index contributed by atoms with van der Waals surface area (Å²) in [5.41, 5.74) is 4.22. The normalized spacial score (nSPS) is 23.1. The molecule has 0 amide bonds. The minimum Gasteiger partial charge on any atom is -0.381 e.